The number of para-hydroxylation sites is 1. The van der Waals surface area contributed by atoms with E-state index in [1.54, 1.807) is 17.8 Å². The van der Waals surface area contributed by atoms with E-state index < -0.39 is 11.7 Å². The Kier molecular flexibility index (Phi) is 3.94. The number of hydrogen-bond acceptors (Lipinski definition) is 2. The molecule has 0 spiro atoms. The maximum absolute atomic E-state index is 12.9. The quantitative estimate of drug-likeness (QED) is 0.928. The van der Waals surface area contributed by atoms with E-state index >= 15 is 0 Å². The maximum atomic E-state index is 12.9. The summed E-state index contributed by atoms with van der Waals surface area (Å²) in [6, 6.07) is 5.51. The highest BCUT2D eigenvalue weighted by atomic mass is 35.5. The zero-order valence-corrected chi connectivity index (χ0v) is 11.7. The molecule has 0 aliphatic carbocycles. The normalized spacial score (nSPS) is 11.7. The van der Waals surface area contributed by atoms with Gasteiger partial charge in [0.25, 0.3) is 0 Å². The highest BCUT2D eigenvalue weighted by molar-refractivity contribution is 6.33. The van der Waals surface area contributed by atoms with Gasteiger partial charge in [0.1, 0.15) is 0 Å². The van der Waals surface area contributed by atoms with Gasteiger partial charge >= 0.3 is 6.18 Å². The van der Waals surface area contributed by atoms with E-state index in [1.807, 2.05) is 6.92 Å². The van der Waals surface area contributed by atoms with Crippen LogP contribution in [-0.2, 0) is 19.8 Å². The molecular formula is C13H13ClF3N3. The van der Waals surface area contributed by atoms with Gasteiger partial charge in [0, 0.05) is 7.05 Å². The molecule has 1 N–H and O–H groups in total. The third-order valence-electron chi connectivity index (χ3n) is 2.86. The van der Waals surface area contributed by atoms with Gasteiger partial charge in [-0.2, -0.15) is 18.3 Å². The van der Waals surface area contributed by atoms with Crippen molar-refractivity contribution >= 4 is 17.3 Å². The van der Waals surface area contributed by atoms with Crippen molar-refractivity contribution < 1.29 is 13.2 Å². The smallest absolute Gasteiger partial charge is 0.378 e. The van der Waals surface area contributed by atoms with E-state index in [0.29, 0.717) is 0 Å². The van der Waals surface area contributed by atoms with E-state index in [2.05, 4.69) is 10.4 Å². The van der Waals surface area contributed by atoms with Gasteiger partial charge in [-0.15, -0.1) is 0 Å². The first-order valence-corrected chi connectivity index (χ1v) is 6.26. The Morgan fingerprint density at radius 2 is 2.05 bits per heavy atom. The highest BCUT2D eigenvalue weighted by Crippen LogP contribution is 2.38. The van der Waals surface area contributed by atoms with Crippen molar-refractivity contribution in [3.63, 3.8) is 0 Å². The largest absolute Gasteiger partial charge is 0.418 e. The van der Waals surface area contributed by atoms with Crippen molar-refractivity contribution in [3.8, 4) is 0 Å². The lowest BCUT2D eigenvalue weighted by Gasteiger charge is -2.15. The minimum absolute atomic E-state index is 0.0405. The number of aryl methyl sites for hydroxylation is 2. The monoisotopic (exact) mass is 303 g/mol. The van der Waals surface area contributed by atoms with Crippen LogP contribution in [0.2, 0.25) is 5.02 Å². The predicted molar refractivity (Wildman–Crippen MR) is 71.7 cm³/mol. The Balaban J connectivity index is 2.27. The fraction of sp³-hybridized carbons (Fsp3) is 0.308. The van der Waals surface area contributed by atoms with Crippen LogP contribution >= 0.6 is 11.6 Å². The summed E-state index contributed by atoms with van der Waals surface area (Å²) in [6.07, 6.45) is -4.45. The molecule has 0 unspecified atom stereocenters. The summed E-state index contributed by atoms with van der Waals surface area (Å²) in [5.41, 5.74) is 0.694. The van der Waals surface area contributed by atoms with Crippen LogP contribution in [0.25, 0.3) is 0 Å². The van der Waals surface area contributed by atoms with Crippen molar-refractivity contribution in [2.75, 3.05) is 5.32 Å². The number of benzene rings is 1. The van der Waals surface area contributed by atoms with Crippen LogP contribution in [0.5, 0.6) is 0 Å². The summed E-state index contributed by atoms with van der Waals surface area (Å²) in [6.45, 7) is 2.03. The molecule has 0 fully saturated rings. The molecule has 1 aromatic heterocycles. The van der Waals surface area contributed by atoms with Gasteiger partial charge in [0.2, 0.25) is 0 Å². The fourth-order valence-corrected chi connectivity index (χ4v) is 2.19. The van der Waals surface area contributed by atoms with Gasteiger partial charge in [-0.05, 0) is 25.1 Å². The first-order chi connectivity index (χ1) is 9.29. The molecule has 3 nitrogen and oxygen atoms in total. The molecule has 108 valence electrons. The summed E-state index contributed by atoms with van der Waals surface area (Å²) >= 11 is 5.86. The maximum Gasteiger partial charge on any atom is 0.418 e. The van der Waals surface area contributed by atoms with Crippen LogP contribution in [0.1, 0.15) is 17.0 Å². The van der Waals surface area contributed by atoms with Crippen LogP contribution < -0.4 is 5.32 Å². The molecule has 2 rings (SSSR count). The Hall–Kier alpha value is -1.69. The van der Waals surface area contributed by atoms with Crippen LogP contribution in [0, 0.1) is 6.92 Å². The number of hydrogen-bond donors (Lipinski definition) is 1. The lowest BCUT2D eigenvalue weighted by molar-refractivity contribution is -0.136. The minimum Gasteiger partial charge on any atom is -0.378 e. The van der Waals surface area contributed by atoms with Crippen molar-refractivity contribution in [1.29, 1.82) is 0 Å². The molecule has 0 bridgehead atoms. The Labute approximate surface area is 119 Å². The van der Waals surface area contributed by atoms with Crippen molar-refractivity contribution in [3.05, 3.63) is 46.2 Å². The number of aromatic nitrogens is 2. The van der Waals surface area contributed by atoms with E-state index in [9.17, 15) is 13.2 Å². The Morgan fingerprint density at radius 3 is 2.60 bits per heavy atom. The van der Waals surface area contributed by atoms with Gasteiger partial charge in [-0.3, -0.25) is 4.68 Å². The molecule has 0 saturated heterocycles. The predicted octanol–water partition coefficient (Wildman–Crippen LogP) is 4.01. The second-order valence-electron chi connectivity index (χ2n) is 4.41. The molecule has 1 aromatic carbocycles. The molecule has 2 aromatic rings. The van der Waals surface area contributed by atoms with E-state index in [-0.39, 0.29) is 17.3 Å². The molecule has 20 heavy (non-hydrogen) atoms. The van der Waals surface area contributed by atoms with E-state index in [4.69, 9.17) is 11.6 Å². The van der Waals surface area contributed by atoms with Gasteiger partial charge in [0.15, 0.2) is 0 Å². The zero-order chi connectivity index (χ0) is 14.9. The van der Waals surface area contributed by atoms with Gasteiger partial charge in [-0.1, -0.05) is 17.7 Å². The number of anilines is 1. The third-order valence-corrected chi connectivity index (χ3v) is 3.18. The van der Waals surface area contributed by atoms with E-state index in [0.717, 1.165) is 17.5 Å². The fourth-order valence-electron chi connectivity index (χ4n) is 1.95. The van der Waals surface area contributed by atoms with Crippen LogP contribution in [0.15, 0.2) is 24.3 Å². The van der Waals surface area contributed by atoms with Crippen LogP contribution in [-0.4, -0.2) is 9.78 Å². The molecule has 1 heterocycles. The van der Waals surface area contributed by atoms with Crippen LogP contribution in [0.3, 0.4) is 0 Å². The molecule has 0 radical (unpaired) electrons. The average molecular weight is 304 g/mol. The van der Waals surface area contributed by atoms with E-state index in [1.165, 1.54) is 12.1 Å². The summed E-state index contributed by atoms with van der Waals surface area (Å²) in [5, 5.41) is 6.92. The van der Waals surface area contributed by atoms with Gasteiger partial charge in [-0.25, -0.2) is 0 Å². The standard InChI is InChI=1S/C13H13ClF3N3/c1-8-6-9(20(2)19-8)7-18-12-10(13(15,16)17)4-3-5-11(12)14/h3-6,18H,7H2,1-2H3. The third kappa shape index (κ3) is 3.07. The van der Waals surface area contributed by atoms with Gasteiger partial charge < -0.3 is 5.32 Å². The second-order valence-corrected chi connectivity index (χ2v) is 4.82. The zero-order valence-electron chi connectivity index (χ0n) is 10.9. The topological polar surface area (TPSA) is 29.9 Å². The Bertz CT molecular complexity index is 620. The molecule has 0 atom stereocenters. The van der Waals surface area contributed by atoms with Crippen molar-refractivity contribution in [2.24, 2.45) is 7.05 Å². The molecule has 0 aliphatic rings. The van der Waals surface area contributed by atoms with Crippen molar-refractivity contribution in [2.45, 2.75) is 19.6 Å². The second kappa shape index (κ2) is 5.36. The van der Waals surface area contributed by atoms with Crippen LogP contribution in [0.4, 0.5) is 18.9 Å². The van der Waals surface area contributed by atoms with Gasteiger partial charge in [0.05, 0.1) is 34.2 Å². The summed E-state index contributed by atoms with van der Waals surface area (Å²) in [4.78, 5) is 0. The average Bonchev–Trinajstić information content (AvgIpc) is 2.65. The Morgan fingerprint density at radius 1 is 1.35 bits per heavy atom. The number of rotatable bonds is 3. The number of nitrogens with one attached hydrogen (secondary N) is 1. The number of alkyl halides is 3. The lowest BCUT2D eigenvalue weighted by atomic mass is 10.1. The molecule has 7 heteroatoms. The van der Waals surface area contributed by atoms with Crippen molar-refractivity contribution in [1.82, 2.24) is 9.78 Å². The molecule has 0 aliphatic heterocycles. The molecule has 0 amide bonds. The summed E-state index contributed by atoms with van der Waals surface area (Å²) in [5.74, 6) is 0. The SMILES string of the molecule is Cc1cc(CNc2c(Cl)cccc2C(F)(F)F)n(C)n1. The lowest BCUT2D eigenvalue weighted by Crippen LogP contribution is -2.12. The number of halogens is 4. The first-order valence-electron chi connectivity index (χ1n) is 5.88. The first kappa shape index (κ1) is 14.7. The summed E-state index contributed by atoms with van der Waals surface area (Å²) in [7, 11) is 1.74. The molecular weight excluding hydrogens is 291 g/mol. The minimum atomic E-state index is -4.45. The highest BCUT2D eigenvalue weighted by Gasteiger charge is 2.34. The number of nitrogens with zero attached hydrogens (tertiary/aromatic N) is 2. The summed E-state index contributed by atoms with van der Waals surface area (Å²) < 4.78 is 40.4. The molecule has 0 saturated carbocycles.